The van der Waals surface area contributed by atoms with Crippen LogP contribution in [-0.2, 0) is 4.74 Å². The molecule has 2 atom stereocenters. The Hall–Kier alpha value is -3.91. The van der Waals surface area contributed by atoms with Gasteiger partial charge in [-0.3, -0.25) is 10.3 Å². The predicted molar refractivity (Wildman–Crippen MR) is 146 cm³/mol. The molecule has 13 nitrogen and oxygen atoms in total. The molecule has 0 fully saturated rings. The van der Waals surface area contributed by atoms with E-state index in [0.29, 0.717) is 61.8 Å². The first-order valence-corrected chi connectivity index (χ1v) is 12.5. The molecule has 0 spiro atoms. The van der Waals surface area contributed by atoms with E-state index in [4.69, 9.17) is 4.74 Å². The maximum atomic E-state index is 12.8. The molecular weight excluding hydrogens is 490 g/mol. The minimum absolute atomic E-state index is 0.258. The fraction of sp³-hybridized carbons (Fsp3) is 0.400. The number of fused-ring (bicyclic) bond motifs is 2. The Morgan fingerprint density at radius 1 is 0.868 bits per heavy atom. The van der Waals surface area contributed by atoms with Gasteiger partial charge in [0.15, 0.2) is 11.4 Å². The molecule has 2 aromatic carbocycles. The normalized spacial score (nSPS) is 20.3. The summed E-state index contributed by atoms with van der Waals surface area (Å²) in [6, 6.07) is 14.3. The van der Waals surface area contributed by atoms with Crippen molar-refractivity contribution < 1.29 is 19.9 Å². The van der Waals surface area contributed by atoms with Crippen molar-refractivity contribution in [2.45, 2.75) is 39.2 Å². The first-order valence-electron chi connectivity index (χ1n) is 12.5. The van der Waals surface area contributed by atoms with E-state index >= 15 is 0 Å². The molecule has 0 aliphatic carbocycles. The number of nitrogens with zero attached hydrogens (tertiary/aromatic N) is 5. The fourth-order valence-corrected chi connectivity index (χ4v) is 3.83. The summed E-state index contributed by atoms with van der Waals surface area (Å²) >= 11 is 0. The van der Waals surface area contributed by atoms with Crippen LogP contribution in [0.15, 0.2) is 58.5 Å². The lowest BCUT2D eigenvalue weighted by Gasteiger charge is -2.35. The van der Waals surface area contributed by atoms with Gasteiger partial charge in [-0.2, -0.15) is 10.9 Å². The third-order valence-corrected chi connectivity index (χ3v) is 5.57. The Balaban J connectivity index is 1.29. The van der Waals surface area contributed by atoms with Crippen molar-refractivity contribution in [2.24, 2.45) is 9.98 Å². The van der Waals surface area contributed by atoms with E-state index in [1.165, 1.54) is 0 Å². The van der Waals surface area contributed by atoms with Crippen LogP contribution in [-0.4, -0.2) is 54.7 Å². The van der Waals surface area contributed by atoms with E-state index in [1.807, 2.05) is 32.9 Å². The van der Waals surface area contributed by atoms with Crippen molar-refractivity contribution >= 4 is 40.8 Å². The summed E-state index contributed by atoms with van der Waals surface area (Å²) in [6.45, 7) is 6.99. The number of carbonyl (C=O) groups is 1. The molecule has 2 aliphatic heterocycles. The molecule has 13 heteroatoms. The number of anilines is 2. The average molecular weight is 524 g/mol. The van der Waals surface area contributed by atoms with Crippen molar-refractivity contribution in [1.82, 2.24) is 4.90 Å². The zero-order chi connectivity index (χ0) is 27.1. The van der Waals surface area contributed by atoms with E-state index in [0.717, 1.165) is 0 Å². The second-order valence-corrected chi connectivity index (χ2v) is 9.76. The van der Waals surface area contributed by atoms with Crippen molar-refractivity contribution in [2.75, 3.05) is 36.8 Å². The molecule has 1 amide bonds. The van der Waals surface area contributed by atoms with Gasteiger partial charge in [0, 0.05) is 36.6 Å². The van der Waals surface area contributed by atoms with E-state index in [9.17, 15) is 15.2 Å². The highest BCUT2D eigenvalue weighted by Crippen LogP contribution is 2.22. The number of nitrogens with one attached hydrogen (secondary N) is 4. The number of rotatable bonds is 8. The van der Waals surface area contributed by atoms with Crippen LogP contribution in [0.2, 0.25) is 0 Å². The molecule has 0 aromatic heterocycles. The highest BCUT2D eigenvalue weighted by molar-refractivity contribution is 6.05. The topological polar surface area (TPSA) is 162 Å². The molecule has 0 radical (unpaired) electrons. The smallest absolute Gasteiger partial charge is 0.410 e. The van der Waals surface area contributed by atoms with Crippen molar-refractivity contribution in [3.8, 4) is 0 Å². The molecule has 2 aromatic rings. The van der Waals surface area contributed by atoms with E-state index < -0.39 is 11.7 Å². The lowest BCUT2D eigenvalue weighted by atomic mass is 10.2. The number of guanidine groups is 2. The maximum absolute atomic E-state index is 12.8. The van der Waals surface area contributed by atoms with Gasteiger partial charge in [0.25, 0.3) is 0 Å². The van der Waals surface area contributed by atoms with Gasteiger partial charge in [-0.1, -0.05) is 24.3 Å². The number of aliphatic imine (C=N–C) groups is 2. The van der Waals surface area contributed by atoms with E-state index in [-0.39, 0.29) is 22.3 Å². The Morgan fingerprint density at radius 2 is 1.32 bits per heavy atom. The second-order valence-electron chi connectivity index (χ2n) is 9.76. The van der Waals surface area contributed by atoms with Crippen molar-refractivity contribution in [1.29, 1.82) is 0 Å². The van der Waals surface area contributed by atoms with Gasteiger partial charge in [-0.25, -0.2) is 4.79 Å². The van der Waals surface area contributed by atoms with Crippen LogP contribution < -0.4 is 21.0 Å². The zero-order valence-corrected chi connectivity index (χ0v) is 21.7. The molecular formula is C25H33N9O4-2. The number of carbonyl (C=O) groups excluding carboxylic acids is 1. The molecule has 4 N–H and O–H groups in total. The summed E-state index contributed by atoms with van der Waals surface area (Å²) in [5.41, 5.74) is 9.72. The molecule has 2 heterocycles. The van der Waals surface area contributed by atoms with Gasteiger partial charge < -0.3 is 40.7 Å². The average Bonchev–Trinajstić information content (AvgIpc) is 2.87. The Labute approximate surface area is 221 Å². The fourth-order valence-electron chi connectivity index (χ4n) is 3.83. The van der Waals surface area contributed by atoms with Gasteiger partial charge in [0.2, 0.25) is 0 Å². The summed E-state index contributed by atoms with van der Waals surface area (Å²) in [5.74, 6) is 0.515. The summed E-state index contributed by atoms with van der Waals surface area (Å²) in [6.07, 6.45) is 0.672. The Bertz CT molecular complexity index is 1100. The molecule has 204 valence electrons. The number of hydrogen-bond acceptors (Lipinski definition) is 6. The standard InChI is InChI=1S/C25H33N9O4/c1-25(2,3)38-24(35)32(16-8-14-26-22-28-18-10-4-6-12-20(18)33(36)30-22)17-9-15-27-23-29-19-11-5-7-13-21(19)34(37)31-23/h4-7,10-13,33-34H,8-9,14-17H2,1-3H3,(H2-2,26,27,28,29,30,31)/q-2. The van der Waals surface area contributed by atoms with Crippen molar-refractivity contribution in [3.05, 3.63) is 69.8 Å². The monoisotopic (exact) mass is 523 g/mol. The molecule has 0 saturated carbocycles. The lowest BCUT2D eigenvalue weighted by molar-refractivity contribution is -0.726. The number of hydrogen-bond donors (Lipinski definition) is 4. The third-order valence-electron chi connectivity index (χ3n) is 5.57. The third kappa shape index (κ3) is 7.32. The highest BCUT2D eigenvalue weighted by Gasteiger charge is 2.21. The van der Waals surface area contributed by atoms with Crippen LogP contribution >= 0.6 is 0 Å². The minimum atomic E-state index is -0.632. The summed E-state index contributed by atoms with van der Waals surface area (Å²) in [4.78, 5) is 23.2. The van der Waals surface area contributed by atoms with E-state index in [1.54, 1.807) is 41.3 Å². The maximum Gasteiger partial charge on any atom is 0.410 e. The quantitative estimate of drug-likeness (QED) is 0.307. The van der Waals surface area contributed by atoms with Crippen LogP contribution in [0, 0.1) is 10.4 Å². The molecule has 0 bridgehead atoms. The lowest BCUT2D eigenvalue weighted by Crippen LogP contribution is -2.99. The van der Waals surface area contributed by atoms with E-state index in [2.05, 4.69) is 31.5 Å². The highest BCUT2D eigenvalue weighted by atomic mass is 16.6. The molecule has 4 rings (SSSR count). The number of amides is 1. The first-order chi connectivity index (χ1) is 18.2. The molecule has 0 saturated heterocycles. The Kier molecular flexibility index (Phi) is 8.63. The number of quaternary nitrogens is 2. The molecule has 38 heavy (non-hydrogen) atoms. The van der Waals surface area contributed by atoms with Gasteiger partial charge in [0.05, 0.1) is 11.9 Å². The first kappa shape index (κ1) is 27.1. The van der Waals surface area contributed by atoms with Crippen LogP contribution in [0.1, 0.15) is 33.6 Å². The zero-order valence-electron chi connectivity index (χ0n) is 21.7. The van der Waals surface area contributed by atoms with Crippen LogP contribution in [0.5, 0.6) is 0 Å². The van der Waals surface area contributed by atoms with Crippen LogP contribution in [0.3, 0.4) is 0 Å². The number of benzene rings is 2. The summed E-state index contributed by atoms with van der Waals surface area (Å²) in [7, 11) is 0. The van der Waals surface area contributed by atoms with Gasteiger partial charge in [-0.15, -0.1) is 0 Å². The number of ether oxygens (including phenoxy) is 1. The Morgan fingerprint density at radius 3 is 1.76 bits per heavy atom. The molecule has 2 aliphatic rings. The van der Waals surface area contributed by atoms with Crippen molar-refractivity contribution in [3.63, 3.8) is 0 Å². The molecule has 2 unspecified atom stereocenters. The summed E-state index contributed by atoms with van der Waals surface area (Å²) < 4.78 is 5.56. The van der Waals surface area contributed by atoms with Gasteiger partial charge >= 0.3 is 6.09 Å². The van der Waals surface area contributed by atoms with Gasteiger partial charge in [0.1, 0.15) is 5.60 Å². The second kappa shape index (κ2) is 12.1. The summed E-state index contributed by atoms with van der Waals surface area (Å²) in [5, 5.41) is 29.8. The minimum Gasteiger partial charge on any atom is -0.612 e. The SMILES string of the molecule is CC(C)(C)OC(=O)N(CCCN=C1[N-][NH+]([O-])c2ccccc2N1)CCCN=C1[N-][NH+]([O-])c2ccccc2N1. The predicted octanol–water partition coefficient (Wildman–Crippen LogP) is 2.57. The van der Waals surface area contributed by atoms with Crippen LogP contribution in [0.25, 0.3) is 10.9 Å². The van der Waals surface area contributed by atoms with Gasteiger partial charge in [-0.05, 0) is 58.8 Å². The number of para-hydroxylation sites is 2. The largest absolute Gasteiger partial charge is 0.612 e. The van der Waals surface area contributed by atoms with Crippen LogP contribution in [0.4, 0.5) is 27.5 Å².